The molecule has 0 unspecified atom stereocenters. The molecule has 0 radical (unpaired) electrons. The maximum atomic E-state index is 9.17. The zero-order chi connectivity index (χ0) is 8.27. The SMILES string of the molecule is C=C(c1ccccc1)[C@H](C)O. The van der Waals surface area contributed by atoms with Crippen LogP contribution in [0.2, 0.25) is 0 Å². The number of aliphatic hydroxyl groups excluding tert-OH is 1. The molecule has 0 saturated heterocycles. The van der Waals surface area contributed by atoms with E-state index in [1.807, 2.05) is 30.3 Å². The van der Waals surface area contributed by atoms with E-state index in [2.05, 4.69) is 6.58 Å². The Bertz CT molecular complexity index is 236. The third-order valence-electron chi connectivity index (χ3n) is 1.65. The van der Waals surface area contributed by atoms with Crippen LogP contribution in [0.25, 0.3) is 5.57 Å². The third kappa shape index (κ3) is 1.92. The van der Waals surface area contributed by atoms with Crippen LogP contribution in [-0.2, 0) is 0 Å². The summed E-state index contributed by atoms with van der Waals surface area (Å²) in [5.74, 6) is 0. The molecule has 0 aliphatic rings. The summed E-state index contributed by atoms with van der Waals surface area (Å²) in [7, 11) is 0. The Balaban J connectivity index is 2.86. The molecule has 0 heterocycles. The van der Waals surface area contributed by atoms with Crippen molar-refractivity contribution in [3.05, 3.63) is 42.5 Å². The molecule has 1 heteroatoms. The van der Waals surface area contributed by atoms with E-state index in [-0.39, 0.29) is 0 Å². The maximum Gasteiger partial charge on any atom is 0.0762 e. The third-order valence-corrected chi connectivity index (χ3v) is 1.65. The van der Waals surface area contributed by atoms with Crippen molar-refractivity contribution in [3.8, 4) is 0 Å². The van der Waals surface area contributed by atoms with Gasteiger partial charge in [0.25, 0.3) is 0 Å². The van der Waals surface area contributed by atoms with Gasteiger partial charge in [0.05, 0.1) is 6.10 Å². The van der Waals surface area contributed by atoms with Gasteiger partial charge in [-0.05, 0) is 18.1 Å². The first kappa shape index (κ1) is 8.02. The highest BCUT2D eigenvalue weighted by Crippen LogP contribution is 2.14. The summed E-state index contributed by atoms with van der Waals surface area (Å²) in [5.41, 5.74) is 1.77. The molecular formula is C10H12O. The highest BCUT2D eigenvalue weighted by atomic mass is 16.3. The summed E-state index contributed by atoms with van der Waals surface area (Å²) >= 11 is 0. The van der Waals surface area contributed by atoms with Crippen molar-refractivity contribution in [2.75, 3.05) is 0 Å². The van der Waals surface area contributed by atoms with Crippen LogP contribution in [0, 0.1) is 0 Å². The molecule has 1 nitrogen and oxygen atoms in total. The van der Waals surface area contributed by atoms with Crippen molar-refractivity contribution in [2.45, 2.75) is 13.0 Å². The van der Waals surface area contributed by atoms with E-state index in [1.54, 1.807) is 6.92 Å². The zero-order valence-electron chi connectivity index (χ0n) is 6.62. The molecule has 1 rings (SSSR count). The Morgan fingerprint density at radius 3 is 2.36 bits per heavy atom. The average Bonchev–Trinajstić information content (AvgIpc) is 2.05. The zero-order valence-corrected chi connectivity index (χ0v) is 6.62. The number of rotatable bonds is 2. The maximum absolute atomic E-state index is 9.17. The predicted octanol–water partition coefficient (Wildman–Crippen LogP) is 2.08. The van der Waals surface area contributed by atoms with Gasteiger partial charge < -0.3 is 5.11 Å². The van der Waals surface area contributed by atoms with Crippen molar-refractivity contribution in [1.82, 2.24) is 0 Å². The van der Waals surface area contributed by atoms with E-state index in [4.69, 9.17) is 0 Å². The second-order valence-corrected chi connectivity index (χ2v) is 2.57. The lowest BCUT2D eigenvalue weighted by molar-refractivity contribution is 0.253. The molecule has 0 spiro atoms. The predicted molar refractivity (Wildman–Crippen MR) is 47.2 cm³/mol. The Hall–Kier alpha value is -1.08. The molecular weight excluding hydrogens is 136 g/mol. The lowest BCUT2D eigenvalue weighted by atomic mass is 10.0. The van der Waals surface area contributed by atoms with Crippen LogP contribution in [0.1, 0.15) is 12.5 Å². The van der Waals surface area contributed by atoms with Gasteiger partial charge in [0.2, 0.25) is 0 Å². The van der Waals surface area contributed by atoms with Crippen LogP contribution in [0.4, 0.5) is 0 Å². The Kier molecular flexibility index (Phi) is 2.44. The topological polar surface area (TPSA) is 20.2 Å². The van der Waals surface area contributed by atoms with Gasteiger partial charge in [0.15, 0.2) is 0 Å². The summed E-state index contributed by atoms with van der Waals surface area (Å²) < 4.78 is 0. The first-order valence-electron chi connectivity index (χ1n) is 3.64. The fourth-order valence-corrected chi connectivity index (χ4v) is 0.893. The minimum atomic E-state index is -0.461. The van der Waals surface area contributed by atoms with Crippen molar-refractivity contribution < 1.29 is 5.11 Å². The fraction of sp³-hybridized carbons (Fsp3) is 0.200. The first-order valence-corrected chi connectivity index (χ1v) is 3.64. The summed E-state index contributed by atoms with van der Waals surface area (Å²) in [4.78, 5) is 0. The van der Waals surface area contributed by atoms with E-state index in [0.717, 1.165) is 11.1 Å². The van der Waals surface area contributed by atoms with Crippen LogP contribution in [-0.4, -0.2) is 11.2 Å². The van der Waals surface area contributed by atoms with Crippen LogP contribution in [0.5, 0.6) is 0 Å². The lowest BCUT2D eigenvalue weighted by Crippen LogP contribution is -2.01. The molecule has 1 aromatic carbocycles. The second kappa shape index (κ2) is 3.35. The number of benzene rings is 1. The Morgan fingerprint density at radius 2 is 1.91 bits per heavy atom. The normalized spacial score (nSPS) is 12.5. The van der Waals surface area contributed by atoms with Gasteiger partial charge in [-0.25, -0.2) is 0 Å². The first-order chi connectivity index (χ1) is 5.22. The van der Waals surface area contributed by atoms with E-state index in [1.165, 1.54) is 0 Å². The van der Waals surface area contributed by atoms with Crippen molar-refractivity contribution in [1.29, 1.82) is 0 Å². The van der Waals surface area contributed by atoms with E-state index in [0.29, 0.717) is 0 Å². The van der Waals surface area contributed by atoms with Gasteiger partial charge in [0, 0.05) is 0 Å². The highest BCUT2D eigenvalue weighted by Gasteiger charge is 2.02. The molecule has 1 N–H and O–H groups in total. The molecule has 0 bridgehead atoms. The van der Waals surface area contributed by atoms with Gasteiger partial charge in [-0.1, -0.05) is 36.9 Å². The molecule has 0 fully saturated rings. The Labute approximate surface area is 67.0 Å². The molecule has 0 aliphatic carbocycles. The van der Waals surface area contributed by atoms with E-state index >= 15 is 0 Å². The molecule has 0 saturated carbocycles. The molecule has 11 heavy (non-hydrogen) atoms. The minimum absolute atomic E-state index is 0.461. The van der Waals surface area contributed by atoms with Crippen LogP contribution in [0.15, 0.2) is 36.9 Å². The van der Waals surface area contributed by atoms with Crippen LogP contribution in [0.3, 0.4) is 0 Å². The molecule has 1 aromatic rings. The fourth-order valence-electron chi connectivity index (χ4n) is 0.893. The quantitative estimate of drug-likeness (QED) is 0.680. The number of hydrogen-bond acceptors (Lipinski definition) is 1. The summed E-state index contributed by atoms with van der Waals surface area (Å²) in [6.07, 6.45) is -0.461. The number of hydrogen-bond donors (Lipinski definition) is 1. The highest BCUT2D eigenvalue weighted by molar-refractivity contribution is 5.65. The van der Waals surface area contributed by atoms with Gasteiger partial charge >= 0.3 is 0 Å². The van der Waals surface area contributed by atoms with Crippen LogP contribution < -0.4 is 0 Å². The van der Waals surface area contributed by atoms with Gasteiger partial charge in [0.1, 0.15) is 0 Å². The van der Waals surface area contributed by atoms with Crippen LogP contribution >= 0.6 is 0 Å². The van der Waals surface area contributed by atoms with Gasteiger partial charge in [-0.15, -0.1) is 0 Å². The Morgan fingerprint density at radius 1 is 1.36 bits per heavy atom. The largest absolute Gasteiger partial charge is 0.389 e. The molecule has 58 valence electrons. The van der Waals surface area contributed by atoms with E-state index in [9.17, 15) is 5.11 Å². The smallest absolute Gasteiger partial charge is 0.0762 e. The van der Waals surface area contributed by atoms with Gasteiger partial charge in [-0.3, -0.25) is 0 Å². The van der Waals surface area contributed by atoms with Crippen molar-refractivity contribution >= 4 is 5.57 Å². The van der Waals surface area contributed by atoms with Crippen molar-refractivity contribution in [2.24, 2.45) is 0 Å². The summed E-state index contributed by atoms with van der Waals surface area (Å²) in [6.45, 7) is 5.49. The molecule has 0 aliphatic heterocycles. The monoisotopic (exact) mass is 148 g/mol. The second-order valence-electron chi connectivity index (χ2n) is 2.57. The van der Waals surface area contributed by atoms with Crippen molar-refractivity contribution in [3.63, 3.8) is 0 Å². The van der Waals surface area contributed by atoms with Gasteiger partial charge in [-0.2, -0.15) is 0 Å². The number of aliphatic hydroxyl groups is 1. The van der Waals surface area contributed by atoms with E-state index < -0.39 is 6.10 Å². The summed E-state index contributed by atoms with van der Waals surface area (Å²) in [6, 6.07) is 9.69. The molecule has 0 amide bonds. The molecule has 0 aromatic heterocycles. The summed E-state index contributed by atoms with van der Waals surface area (Å²) in [5, 5.41) is 9.17. The lowest BCUT2D eigenvalue weighted by Gasteiger charge is -2.07. The average molecular weight is 148 g/mol. The minimum Gasteiger partial charge on any atom is -0.389 e. The molecule has 1 atom stereocenters. The standard InChI is InChI=1S/C10H12O/c1-8(9(2)11)10-6-4-3-5-7-10/h3-7,9,11H,1H2,2H3/t9-/m0/s1.